The van der Waals surface area contributed by atoms with Crippen molar-refractivity contribution in [1.29, 1.82) is 0 Å². The van der Waals surface area contributed by atoms with Gasteiger partial charge in [0.05, 0.1) is 22.5 Å². The van der Waals surface area contributed by atoms with E-state index in [0.29, 0.717) is 16.4 Å². The fraction of sp³-hybridized carbons (Fsp3) is 0.190. The summed E-state index contributed by atoms with van der Waals surface area (Å²) in [6.07, 6.45) is -4.60. The van der Waals surface area contributed by atoms with Gasteiger partial charge in [0.15, 0.2) is 0 Å². The molecule has 0 atom stereocenters. The van der Waals surface area contributed by atoms with Gasteiger partial charge in [0, 0.05) is 16.4 Å². The van der Waals surface area contributed by atoms with E-state index < -0.39 is 17.8 Å². The van der Waals surface area contributed by atoms with Crippen molar-refractivity contribution in [3.8, 4) is 0 Å². The van der Waals surface area contributed by atoms with Gasteiger partial charge in [-0.25, -0.2) is 4.98 Å². The van der Waals surface area contributed by atoms with E-state index in [4.69, 9.17) is 0 Å². The predicted octanol–water partition coefficient (Wildman–Crippen LogP) is 5.33. The first-order valence-corrected chi connectivity index (χ1v) is 9.78. The van der Waals surface area contributed by atoms with Crippen LogP contribution in [0.25, 0.3) is 10.8 Å². The number of anilines is 1. The fourth-order valence-electron chi connectivity index (χ4n) is 3.04. The second-order valence-corrected chi connectivity index (χ2v) is 7.32. The lowest BCUT2D eigenvalue weighted by atomic mass is 10.0. The molecule has 2 aromatic carbocycles. The molecule has 5 nitrogen and oxygen atoms in total. The Labute approximate surface area is 178 Å². The number of aromatic nitrogens is 1. The van der Waals surface area contributed by atoms with Gasteiger partial charge < -0.3 is 10.6 Å². The zero-order valence-corrected chi connectivity index (χ0v) is 17.6. The highest BCUT2D eigenvalue weighted by Gasteiger charge is 2.33. The monoisotopic (exact) mass is 479 g/mol. The second kappa shape index (κ2) is 8.43. The summed E-state index contributed by atoms with van der Waals surface area (Å²) in [6, 6.07) is 10.6. The number of amides is 2. The summed E-state index contributed by atoms with van der Waals surface area (Å²) < 4.78 is 39.3. The summed E-state index contributed by atoms with van der Waals surface area (Å²) in [5, 5.41) is 6.76. The molecule has 0 aliphatic rings. The Morgan fingerprint density at radius 1 is 1.03 bits per heavy atom. The molecule has 0 saturated carbocycles. The molecule has 0 bridgehead atoms. The maximum Gasteiger partial charge on any atom is 0.433 e. The van der Waals surface area contributed by atoms with E-state index in [-0.39, 0.29) is 28.4 Å². The first kappa shape index (κ1) is 21.8. The van der Waals surface area contributed by atoms with Crippen LogP contribution in [0.4, 0.5) is 18.9 Å². The fourth-order valence-corrected chi connectivity index (χ4v) is 3.62. The average Bonchev–Trinajstić information content (AvgIpc) is 2.69. The molecule has 30 heavy (non-hydrogen) atoms. The number of hydrogen-bond donors (Lipinski definition) is 2. The van der Waals surface area contributed by atoms with E-state index in [1.165, 1.54) is 6.92 Å². The largest absolute Gasteiger partial charge is 0.433 e. The number of carbonyl (C=O) groups is 2. The average molecular weight is 480 g/mol. The number of pyridine rings is 1. The summed E-state index contributed by atoms with van der Waals surface area (Å²) >= 11 is 3.44. The molecule has 2 N–H and O–H groups in total. The molecule has 0 aliphatic heterocycles. The van der Waals surface area contributed by atoms with E-state index in [0.717, 1.165) is 17.5 Å². The number of aryl methyl sites for hydroxylation is 1. The zero-order chi connectivity index (χ0) is 22.1. The number of fused-ring (bicyclic) bond motifs is 1. The lowest BCUT2D eigenvalue weighted by molar-refractivity contribution is -0.141. The summed E-state index contributed by atoms with van der Waals surface area (Å²) in [7, 11) is 0. The second-order valence-electron chi connectivity index (χ2n) is 6.47. The first-order valence-electron chi connectivity index (χ1n) is 8.99. The van der Waals surface area contributed by atoms with E-state index in [1.807, 2.05) is 12.1 Å². The van der Waals surface area contributed by atoms with Gasteiger partial charge in [0.1, 0.15) is 5.69 Å². The van der Waals surface area contributed by atoms with Gasteiger partial charge in [-0.2, -0.15) is 13.2 Å². The van der Waals surface area contributed by atoms with E-state index in [2.05, 4.69) is 31.5 Å². The molecule has 0 spiro atoms. The summed E-state index contributed by atoms with van der Waals surface area (Å²) in [4.78, 5) is 29.0. The molecule has 9 heteroatoms. The van der Waals surface area contributed by atoms with Crippen LogP contribution in [0.3, 0.4) is 0 Å². The van der Waals surface area contributed by atoms with Crippen molar-refractivity contribution in [2.45, 2.75) is 20.0 Å². The van der Waals surface area contributed by atoms with Crippen LogP contribution in [0.5, 0.6) is 0 Å². The lowest BCUT2D eigenvalue weighted by Gasteiger charge is -2.16. The first-order chi connectivity index (χ1) is 14.1. The van der Waals surface area contributed by atoms with Gasteiger partial charge in [-0.3, -0.25) is 9.59 Å². The highest BCUT2D eigenvalue weighted by molar-refractivity contribution is 9.10. The SMILES string of the molecule is CCNC(=O)c1cc(Br)c2ccccc2c1NC(=O)c1ccc(C(F)(F)F)nc1C. The molecular weight excluding hydrogens is 463 g/mol. The minimum absolute atomic E-state index is 0.0168. The highest BCUT2D eigenvalue weighted by Crippen LogP contribution is 2.34. The number of carbonyl (C=O) groups excluding carboxylic acids is 2. The summed E-state index contributed by atoms with van der Waals surface area (Å²) in [5.74, 6) is -1.05. The molecule has 3 aromatic rings. The smallest absolute Gasteiger partial charge is 0.352 e. The van der Waals surface area contributed by atoms with Crippen molar-refractivity contribution >= 4 is 44.2 Å². The zero-order valence-electron chi connectivity index (χ0n) is 16.0. The summed E-state index contributed by atoms with van der Waals surface area (Å²) in [5.41, 5.74) is -0.661. The number of rotatable bonds is 4. The minimum Gasteiger partial charge on any atom is -0.352 e. The lowest BCUT2D eigenvalue weighted by Crippen LogP contribution is -2.25. The molecule has 2 amide bonds. The van der Waals surface area contributed by atoms with Gasteiger partial charge in [0.25, 0.3) is 11.8 Å². The molecule has 3 rings (SSSR count). The van der Waals surface area contributed by atoms with Crippen molar-refractivity contribution in [3.05, 3.63) is 69.5 Å². The Balaban J connectivity index is 2.08. The van der Waals surface area contributed by atoms with Crippen LogP contribution in [0.2, 0.25) is 0 Å². The molecule has 0 fully saturated rings. The number of alkyl halides is 3. The highest BCUT2D eigenvalue weighted by atomic mass is 79.9. The third kappa shape index (κ3) is 4.30. The Hall–Kier alpha value is -2.94. The Kier molecular flexibility index (Phi) is 6.12. The summed E-state index contributed by atoms with van der Waals surface area (Å²) in [6.45, 7) is 3.48. The normalized spacial score (nSPS) is 11.4. The van der Waals surface area contributed by atoms with Crippen LogP contribution in [0.15, 0.2) is 46.9 Å². The van der Waals surface area contributed by atoms with Crippen molar-refractivity contribution in [1.82, 2.24) is 10.3 Å². The van der Waals surface area contributed by atoms with Gasteiger partial charge >= 0.3 is 6.18 Å². The van der Waals surface area contributed by atoms with Crippen LogP contribution >= 0.6 is 15.9 Å². The van der Waals surface area contributed by atoms with E-state index in [9.17, 15) is 22.8 Å². The quantitative estimate of drug-likeness (QED) is 0.531. The standard InChI is InChI=1S/C21H17BrF3N3O2/c1-3-26-19(29)15-10-16(22)13-6-4-5-7-14(13)18(15)28-20(30)12-8-9-17(21(23,24)25)27-11(12)2/h4-10H,3H2,1-2H3,(H,26,29)(H,28,30). The predicted molar refractivity (Wildman–Crippen MR) is 112 cm³/mol. The van der Waals surface area contributed by atoms with Crippen molar-refractivity contribution in [3.63, 3.8) is 0 Å². The van der Waals surface area contributed by atoms with Crippen LogP contribution < -0.4 is 10.6 Å². The maximum absolute atomic E-state index is 12.9. The van der Waals surface area contributed by atoms with Gasteiger partial charge in [-0.1, -0.05) is 40.2 Å². The molecule has 0 unspecified atom stereocenters. The Morgan fingerprint density at radius 3 is 2.30 bits per heavy atom. The minimum atomic E-state index is -4.60. The number of nitrogens with one attached hydrogen (secondary N) is 2. The molecule has 156 valence electrons. The Bertz CT molecular complexity index is 1150. The van der Waals surface area contributed by atoms with E-state index in [1.54, 1.807) is 25.1 Å². The van der Waals surface area contributed by atoms with Gasteiger partial charge in [-0.05, 0) is 37.4 Å². The van der Waals surface area contributed by atoms with E-state index >= 15 is 0 Å². The third-order valence-corrected chi connectivity index (χ3v) is 5.09. The molecule has 0 saturated heterocycles. The van der Waals surface area contributed by atoms with Crippen LogP contribution in [0.1, 0.15) is 39.0 Å². The number of hydrogen-bond acceptors (Lipinski definition) is 3. The molecule has 1 heterocycles. The van der Waals surface area contributed by atoms with Crippen LogP contribution in [-0.4, -0.2) is 23.3 Å². The molecule has 0 radical (unpaired) electrons. The van der Waals surface area contributed by atoms with Crippen molar-refractivity contribution in [2.75, 3.05) is 11.9 Å². The van der Waals surface area contributed by atoms with Crippen molar-refractivity contribution in [2.24, 2.45) is 0 Å². The number of halogens is 4. The van der Waals surface area contributed by atoms with Gasteiger partial charge in [-0.15, -0.1) is 0 Å². The van der Waals surface area contributed by atoms with Crippen LogP contribution in [0, 0.1) is 6.92 Å². The molecule has 0 aliphatic carbocycles. The maximum atomic E-state index is 12.9. The number of benzene rings is 2. The molecular formula is C21H17BrF3N3O2. The third-order valence-electron chi connectivity index (χ3n) is 4.44. The molecule has 1 aromatic heterocycles. The van der Waals surface area contributed by atoms with Crippen LogP contribution in [-0.2, 0) is 6.18 Å². The Morgan fingerprint density at radius 2 is 1.70 bits per heavy atom. The van der Waals surface area contributed by atoms with Crippen molar-refractivity contribution < 1.29 is 22.8 Å². The number of nitrogens with zero attached hydrogens (tertiary/aromatic N) is 1. The topological polar surface area (TPSA) is 71.1 Å². The van der Waals surface area contributed by atoms with Gasteiger partial charge in [0.2, 0.25) is 0 Å².